The first-order valence-corrected chi connectivity index (χ1v) is 12.4. The molecule has 0 radical (unpaired) electrons. The van der Waals surface area contributed by atoms with Crippen LogP contribution in [0.3, 0.4) is 0 Å². The maximum atomic E-state index is 10.8. The van der Waals surface area contributed by atoms with Crippen molar-refractivity contribution in [3.63, 3.8) is 0 Å². The summed E-state index contributed by atoms with van der Waals surface area (Å²) in [6, 6.07) is 9.54. The average Bonchev–Trinajstić information content (AvgIpc) is 3.68. The lowest BCUT2D eigenvalue weighted by Gasteiger charge is -2.07. The van der Waals surface area contributed by atoms with Gasteiger partial charge in [-0.2, -0.15) is 0 Å². The molecular formula is C27H32N6O2. The van der Waals surface area contributed by atoms with E-state index in [-0.39, 0.29) is 0 Å². The number of carbonyl (C=O) groups is 1. The fourth-order valence-electron chi connectivity index (χ4n) is 4.76. The Labute approximate surface area is 205 Å². The third-order valence-corrected chi connectivity index (χ3v) is 6.74. The van der Waals surface area contributed by atoms with Gasteiger partial charge in [-0.05, 0) is 81.0 Å². The van der Waals surface area contributed by atoms with Crippen molar-refractivity contribution in [1.29, 1.82) is 0 Å². The Kier molecular flexibility index (Phi) is 7.20. The lowest BCUT2D eigenvalue weighted by molar-refractivity contribution is -0.105. The number of nitrogens with zero attached hydrogens (tertiary/aromatic N) is 2. The minimum absolute atomic E-state index is 0.331. The molecule has 8 heteroatoms. The number of imidazole rings is 1. The molecule has 2 saturated heterocycles. The van der Waals surface area contributed by atoms with E-state index in [1.165, 1.54) is 25.8 Å². The van der Waals surface area contributed by atoms with Gasteiger partial charge in [0, 0.05) is 6.04 Å². The normalized spacial score (nSPS) is 21.0. The highest BCUT2D eigenvalue weighted by atomic mass is 16.5. The number of nitrogens with one attached hydrogen (secondary N) is 4. The maximum Gasteiger partial charge on any atom is 0.212 e. The highest BCUT2D eigenvalue weighted by Crippen LogP contribution is 2.32. The van der Waals surface area contributed by atoms with E-state index in [9.17, 15) is 4.79 Å². The summed E-state index contributed by atoms with van der Waals surface area (Å²) >= 11 is 0. The predicted octanol–water partition coefficient (Wildman–Crippen LogP) is 4.77. The molecule has 1 aliphatic carbocycles. The molecule has 4 heterocycles. The van der Waals surface area contributed by atoms with Gasteiger partial charge in [0.15, 0.2) is 11.6 Å². The number of rotatable bonds is 5. The first-order valence-electron chi connectivity index (χ1n) is 12.4. The van der Waals surface area contributed by atoms with Crippen LogP contribution in [-0.4, -0.2) is 40.7 Å². The Balaban J connectivity index is 0.000000371. The van der Waals surface area contributed by atoms with E-state index in [0.29, 0.717) is 24.0 Å². The van der Waals surface area contributed by atoms with Crippen molar-refractivity contribution in [2.75, 3.05) is 18.4 Å². The van der Waals surface area contributed by atoms with Crippen molar-refractivity contribution in [2.24, 2.45) is 0 Å². The third kappa shape index (κ3) is 5.44. The zero-order valence-corrected chi connectivity index (χ0v) is 20.0. The number of aromatic amines is 1. The molecule has 3 aromatic rings. The van der Waals surface area contributed by atoms with Gasteiger partial charge in [0.25, 0.3) is 0 Å². The van der Waals surface area contributed by atoms with Crippen LogP contribution in [0.25, 0.3) is 29.0 Å². The molecule has 0 spiro atoms. The highest BCUT2D eigenvalue weighted by molar-refractivity contribution is 5.91. The van der Waals surface area contributed by atoms with Crippen LogP contribution in [-0.2, 0) is 4.79 Å². The molecule has 6 rings (SSSR count). The summed E-state index contributed by atoms with van der Waals surface area (Å²) in [5.74, 6) is 2.08. The van der Waals surface area contributed by atoms with E-state index in [2.05, 4.69) is 62.3 Å². The summed E-state index contributed by atoms with van der Waals surface area (Å²) in [6.07, 6.45) is 14.3. The minimum atomic E-state index is 0.331. The smallest absolute Gasteiger partial charge is 0.212 e. The van der Waals surface area contributed by atoms with E-state index in [4.69, 9.17) is 4.52 Å². The Morgan fingerprint density at radius 3 is 2.57 bits per heavy atom. The van der Waals surface area contributed by atoms with Gasteiger partial charge in [-0.15, -0.1) is 0 Å². The number of H-pyrrole nitrogens is 1. The van der Waals surface area contributed by atoms with E-state index in [0.717, 1.165) is 59.2 Å². The standard InChI is InChI=1S/C22H21N5O2.C5H11N/c28-13-25-21-17-11-16(3-1-5-20(17)29-27-21)14-6-8-15(9-7-14)19-12-24-22(26-19)18-4-2-10-23-18;1-5-3-2-4-6-5/h1,5-9,11-13,18,23H,2-4,10H2,(H,24,26)(H,25,27,28);5-6H,2-4H2,1H3/t18-;5-/m01/s1. The van der Waals surface area contributed by atoms with Gasteiger partial charge in [0.1, 0.15) is 5.82 Å². The topological polar surface area (TPSA) is 108 Å². The number of carbonyl (C=O) groups excluding carboxylic acids is 1. The molecule has 182 valence electrons. The zero-order chi connectivity index (χ0) is 24.0. The quantitative estimate of drug-likeness (QED) is 0.398. The van der Waals surface area contributed by atoms with E-state index in [1.807, 2.05) is 24.4 Å². The third-order valence-electron chi connectivity index (χ3n) is 6.74. The summed E-state index contributed by atoms with van der Waals surface area (Å²) in [5, 5.41) is 13.3. The van der Waals surface area contributed by atoms with E-state index >= 15 is 0 Å². The number of hydrogen-bond acceptors (Lipinski definition) is 6. The van der Waals surface area contributed by atoms with Gasteiger partial charge >= 0.3 is 0 Å². The first kappa shape index (κ1) is 23.3. The fraction of sp³-hybridized carbons (Fsp3) is 0.370. The minimum Gasteiger partial charge on any atom is -0.354 e. The first-order chi connectivity index (χ1) is 17.2. The molecule has 8 nitrogen and oxygen atoms in total. The molecule has 1 amide bonds. The molecule has 3 aliphatic rings. The molecular weight excluding hydrogens is 440 g/mol. The number of fused-ring (bicyclic) bond motifs is 1. The largest absolute Gasteiger partial charge is 0.354 e. The molecule has 35 heavy (non-hydrogen) atoms. The summed E-state index contributed by atoms with van der Waals surface area (Å²) in [6.45, 7) is 4.52. The summed E-state index contributed by atoms with van der Waals surface area (Å²) in [4.78, 5) is 18.8. The van der Waals surface area contributed by atoms with Gasteiger partial charge in [0.05, 0.1) is 23.5 Å². The Bertz CT molecular complexity index is 1190. The zero-order valence-electron chi connectivity index (χ0n) is 20.0. The second-order valence-corrected chi connectivity index (χ2v) is 9.25. The van der Waals surface area contributed by atoms with Crippen LogP contribution < -0.4 is 16.0 Å². The van der Waals surface area contributed by atoms with Gasteiger partial charge in [0.2, 0.25) is 6.41 Å². The molecule has 0 unspecified atom stereocenters. The van der Waals surface area contributed by atoms with Crippen molar-refractivity contribution >= 4 is 30.0 Å². The van der Waals surface area contributed by atoms with Crippen LogP contribution in [0.1, 0.15) is 67.8 Å². The second kappa shape index (κ2) is 10.8. The summed E-state index contributed by atoms with van der Waals surface area (Å²) < 4.78 is 5.31. The van der Waals surface area contributed by atoms with Crippen molar-refractivity contribution in [3.05, 3.63) is 59.2 Å². The Morgan fingerprint density at radius 1 is 1.09 bits per heavy atom. The number of allylic oxidation sites excluding steroid dienone is 2. The highest BCUT2D eigenvalue weighted by Gasteiger charge is 2.19. The lowest BCUT2D eigenvalue weighted by Crippen LogP contribution is -2.16. The summed E-state index contributed by atoms with van der Waals surface area (Å²) in [5.41, 5.74) is 5.15. The van der Waals surface area contributed by atoms with Crippen molar-refractivity contribution in [1.82, 2.24) is 25.8 Å². The van der Waals surface area contributed by atoms with Crippen LogP contribution in [0.15, 0.2) is 41.1 Å². The van der Waals surface area contributed by atoms with Gasteiger partial charge in [-0.1, -0.05) is 35.5 Å². The van der Waals surface area contributed by atoms with Crippen LogP contribution in [0.5, 0.6) is 0 Å². The number of anilines is 1. The van der Waals surface area contributed by atoms with E-state index < -0.39 is 0 Å². The van der Waals surface area contributed by atoms with Gasteiger partial charge < -0.3 is 25.5 Å². The lowest BCUT2D eigenvalue weighted by atomic mass is 9.99. The molecule has 2 atom stereocenters. The molecule has 2 aromatic heterocycles. The van der Waals surface area contributed by atoms with Gasteiger partial charge in [-0.25, -0.2) is 4.98 Å². The van der Waals surface area contributed by atoms with Crippen LogP contribution in [0, 0.1) is 0 Å². The van der Waals surface area contributed by atoms with Crippen LogP contribution >= 0.6 is 0 Å². The number of aromatic nitrogens is 3. The van der Waals surface area contributed by atoms with Gasteiger partial charge in [-0.3, -0.25) is 4.79 Å². The summed E-state index contributed by atoms with van der Waals surface area (Å²) in [7, 11) is 0. The molecule has 4 N–H and O–H groups in total. The second-order valence-electron chi connectivity index (χ2n) is 9.25. The fourth-order valence-corrected chi connectivity index (χ4v) is 4.76. The number of hydrogen-bond donors (Lipinski definition) is 4. The van der Waals surface area contributed by atoms with Crippen LogP contribution in [0.2, 0.25) is 0 Å². The molecule has 2 fully saturated rings. The number of amides is 1. The Hall–Kier alpha value is -3.49. The average molecular weight is 473 g/mol. The van der Waals surface area contributed by atoms with Crippen molar-refractivity contribution in [2.45, 2.75) is 51.1 Å². The molecule has 1 aromatic carbocycles. The molecule has 2 aliphatic heterocycles. The van der Waals surface area contributed by atoms with Crippen molar-refractivity contribution in [3.8, 4) is 11.3 Å². The predicted molar refractivity (Wildman–Crippen MR) is 138 cm³/mol. The molecule has 0 bridgehead atoms. The number of benzene rings is 1. The molecule has 0 saturated carbocycles. The van der Waals surface area contributed by atoms with Crippen LogP contribution in [0.4, 0.5) is 5.82 Å². The van der Waals surface area contributed by atoms with E-state index in [1.54, 1.807) is 0 Å². The Morgan fingerprint density at radius 2 is 1.89 bits per heavy atom. The SMILES string of the molecule is C[C@@H]1CCCN1.O=CNc1noc2c1C=C(c1ccc(-c3cnc([C@@H]4CCCN4)[nH]3)cc1)CC=C2. The monoisotopic (exact) mass is 472 g/mol. The maximum absolute atomic E-state index is 10.8. The van der Waals surface area contributed by atoms with Crippen molar-refractivity contribution < 1.29 is 9.32 Å².